The van der Waals surface area contributed by atoms with Crippen molar-refractivity contribution in [1.82, 2.24) is 4.90 Å². The zero-order chi connectivity index (χ0) is 21.1. The number of rotatable bonds is 5. The minimum atomic E-state index is -0.768. The van der Waals surface area contributed by atoms with Gasteiger partial charge in [-0.05, 0) is 36.4 Å². The number of hydrogen-bond acceptors (Lipinski definition) is 4. The molecule has 0 aromatic heterocycles. The molecule has 0 radical (unpaired) electrons. The number of hydrogen-bond donors (Lipinski definition) is 0. The minimum Gasteiger partial charge on any atom is -0.296 e. The van der Waals surface area contributed by atoms with Crippen LogP contribution in [0.1, 0.15) is 21.9 Å². The van der Waals surface area contributed by atoms with Crippen molar-refractivity contribution in [2.24, 2.45) is 0 Å². The van der Waals surface area contributed by atoms with Crippen molar-refractivity contribution in [3.63, 3.8) is 0 Å². The molecular formula is C25H24N2O2S. The fourth-order valence-corrected chi connectivity index (χ4v) is 5.73. The van der Waals surface area contributed by atoms with Crippen LogP contribution in [0.2, 0.25) is 0 Å². The molecule has 0 spiro atoms. The van der Waals surface area contributed by atoms with Gasteiger partial charge in [0.15, 0.2) is 0 Å². The van der Waals surface area contributed by atoms with E-state index in [0.29, 0.717) is 0 Å². The van der Waals surface area contributed by atoms with E-state index in [4.69, 9.17) is 0 Å². The first kappa shape index (κ1) is 20.4. The molecular weight excluding hydrogens is 392 g/mol. The number of nitrogens with zero attached hydrogens (tertiary/aromatic N) is 2. The van der Waals surface area contributed by atoms with E-state index in [1.807, 2.05) is 85.7 Å². The maximum absolute atomic E-state index is 12.4. The third-order valence-corrected chi connectivity index (χ3v) is 6.96. The summed E-state index contributed by atoms with van der Waals surface area (Å²) in [6, 6.07) is 29.0. The molecule has 4 nitrogen and oxygen atoms in total. The van der Waals surface area contributed by atoms with Crippen molar-refractivity contribution in [2.75, 3.05) is 14.1 Å². The van der Waals surface area contributed by atoms with Gasteiger partial charge in [0.2, 0.25) is 6.04 Å². The van der Waals surface area contributed by atoms with E-state index in [1.165, 1.54) is 0 Å². The van der Waals surface area contributed by atoms with Gasteiger partial charge in [0, 0.05) is 9.83 Å². The number of likely N-dealkylation sites (N-methyl/N-ethyl adjacent to an activating group) is 1. The highest BCUT2D eigenvalue weighted by Gasteiger charge is 2.49. The van der Waals surface area contributed by atoms with Crippen LogP contribution in [0.3, 0.4) is 0 Å². The lowest BCUT2D eigenvalue weighted by Crippen LogP contribution is -2.48. The molecule has 1 aliphatic heterocycles. The smallest absolute Gasteiger partial charge is 0.248 e. The second kappa shape index (κ2) is 8.86. The average molecular weight is 417 g/mol. The lowest BCUT2D eigenvalue weighted by molar-refractivity contribution is -0.527. The van der Waals surface area contributed by atoms with Gasteiger partial charge in [-0.2, -0.15) is 0 Å². The Hall–Kier alpha value is -2.89. The summed E-state index contributed by atoms with van der Waals surface area (Å²) < 4.78 is 0. The van der Waals surface area contributed by atoms with Crippen molar-refractivity contribution in [3.8, 4) is 0 Å². The molecule has 30 heavy (non-hydrogen) atoms. The van der Waals surface area contributed by atoms with Crippen LogP contribution in [0.5, 0.6) is 0 Å². The molecule has 5 heteroatoms. The molecule has 0 amide bonds. The Bertz CT molecular complexity index is 1040. The fraction of sp³-hybridized carbons (Fsp3) is 0.200. The first-order valence-corrected chi connectivity index (χ1v) is 10.8. The molecule has 4 rings (SSSR count). The van der Waals surface area contributed by atoms with E-state index in [9.17, 15) is 10.1 Å². The number of benzene rings is 3. The Kier molecular flexibility index (Phi) is 6.02. The Labute approximate surface area is 181 Å². The molecule has 0 bridgehead atoms. The maximum Gasteiger partial charge on any atom is 0.248 e. The maximum atomic E-state index is 12.4. The van der Waals surface area contributed by atoms with Crippen molar-refractivity contribution in [1.29, 1.82) is 0 Å². The Balaban J connectivity index is 1.99. The topological polar surface area (TPSA) is 46.4 Å². The van der Waals surface area contributed by atoms with Crippen LogP contribution >= 0.6 is 11.8 Å². The minimum absolute atomic E-state index is 0.0972. The Morgan fingerprint density at radius 1 is 0.800 bits per heavy atom. The Morgan fingerprint density at radius 3 is 1.80 bits per heavy atom. The van der Waals surface area contributed by atoms with Crippen molar-refractivity contribution in [2.45, 2.75) is 17.3 Å². The van der Waals surface area contributed by atoms with E-state index >= 15 is 0 Å². The zero-order valence-electron chi connectivity index (χ0n) is 17.0. The average Bonchev–Trinajstić information content (AvgIpc) is 2.79. The predicted octanol–water partition coefficient (Wildman–Crippen LogP) is 5.62. The third kappa shape index (κ3) is 3.91. The van der Waals surface area contributed by atoms with Crippen molar-refractivity contribution >= 4 is 22.2 Å². The summed E-state index contributed by atoms with van der Waals surface area (Å²) in [4.78, 5) is 15.4. The van der Waals surface area contributed by atoms with Gasteiger partial charge >= 0.3 is 0 Å². The van der Waals surface area contributed by atoms with Gasteiger partial charge in [0.25, 0.3) is 0 Å². The van der Waals surface area contributed by atoms with E-state index in [1.54, 1.807) is 11.8 Å². The highest BCUT2D eigenvalue weighted by molar-refractivity contribution is 8.08. The molecule has 152 valence electrons. The summed E-state index contributed by atoms with van der Waals surface area (Å²) in [6.45, 7) is 0. The van der Waals surface area contributed by atoms with Crippen LogP contribution in [0.4, 0.5) is 0 Å². The highest BCUT2D eigenvalue weighted by Crippen LogP contribution is 2.53. The highest BCUT2D eigenvalue weighted by atomic mass is 32.2. The normalized spacial score (nSPS) is 21.6. The van der Waals surface area contributed by atoms with Crippen molar-refractivity contribution < 1.29 is 4.92 Å². The van der Waals surface area contributed by atoms with Gasteiger partial charge in [0.05, 0.1) is 0 Å². The molecule has 0 unspecified atom stereocenters. The van der Waals surface area contributed by atoms with Gasteiger partial charge < -0.3 is 0 Å². The molecule has 1 aliphatic rings. The van der Waals surface area contributed by atoms with E-state index < -0.39 is 6.04 Å². The summed E-state index contributed by atoms with van der Waals surface area (Å²) in [6.07, 6.45) is 0. The zero-order valence-corrected chi connectivity index (χ0v) is 17.8. The van der Waals surface area contributed by atoms with Crippen LogP contribution in [-0.2, 0) is 0 Å². The second-order valence-electron chi connectivity index (χ2n) is 7.61. The van der Waals surface area contributed by atoms with Gasteiger partial charge in [-0.15, -0.1) is 11.8 Å². The summed E-state index contributed by atoms with van der Waals surface area (Å²) >= 11 is 1.61. The molecule has 3 aromatic carbocycles. The number of thioether (sulfide) groups is 1. The molecule has 0 aliphatic carbocycles. The summed E-state index contributed by atoms with van der Waals surface area (Å²) in [7, 11) is 3.87. The van der Waals surface area contributed by atoms with Gasteiger partial charge in [-0.25, -0.2) is 0 Å². The summed E-state index contributed by atoms with van der Waals surface area (Å²) in [5, 5.41) is 12.1. The molecule has 1 heterocycles. The van der Waals surface area contributed by atoms with Crippen LogP contribution in [-0.4, -0.2) is 36.0 Å². The second-order valence-corrected chi connectivity index (χ2v) is 8.76. The molecule has 0 saturated heterocycles. The van der Waals surface area contributed by atoms with Gasteiger partial charge in [-0.3, -0.25) is 15.0 Å². The lowest BCUT2D eigenvalue weighted by Gasteiger charge is -2.39. The third-order valence-electron chi connectivity index (χ3n) is 5.47. The lowest BCUT2D eigenvalue weighted by atomic mass is 9.86. The van der Waals surface area contributed by atoms with Gasteiger partial charge in [-0.1, -0.05) is 91.0 Å². The molecule has 0 N–H and O–H groups in total. The molecule has 3 atom stereocenters. The van der Waals surface area contributed by atoms with Crippen LogP contribution < -0.4 is 0 Å². The van der Waals surface area contributed by atoms with E-state index in [2.05, 4.69) is 24.3 Å². The first-order chi connectivity index (χ1) is 14.6. The summed E-state index contributed by atoms with van der Waals surface area (Å²) in [5.74, 6) is 0. The SMILES string of the molecule is CN(C)[C@@H]1C(c2ccccc2)=C(c2ccccc2)S[C@H](c2ccccc2)[C@@H]1[N+](=O)[O-]. The van der Waals surface area contributed by atoms with Crippen molar-refractivity contribution in [3.05, 3.63) is 118 Å². The molecule has 3 aromatic rings. The first-order valence-electron chi connectivity index (χ1n) is 9.94. The van der Waals surface area contributed by atoms with E-state index in [-0.39, 0.29) is 16.2 Å². The predicted molar refractivity (Wildman–Crippen MR) is 125 cm³/mol. The van der Waals surface area contributed by atoms with Crippen LogP contribution in [0.25, 0.3) is 10.5 Å². The standard InChI is InChI=1S/C25H24N2O2S/c1-26(2)22-21(18-12-6-3-7-13-18)24(19-14-8-4-9-15-19)30-25(23(22)27(28)29)20-16-10-5-11-17-20/h3-17,22-23,25H,1-2H3/t22-,23-,25-/m1/s1. The summed E-state index contributed by atoms with van der Waals surface area (Å²) in [5.41, 5.74) is 4.12. The number of nitro groups is 1. The largest absolute Gasteiger partial charge is 0.296 e. The van der Waals surface area contributed by atoms with Crippen LogP contribution in [0, 0.1) is 10.1 Å². The molecule has 0 fully saturated rings. The van der Waals surface area contributed by atoms with E-state index in [0.717, 1.165) is 27.2 Å². The quantitative estimate of drug-likeness (QED) is 0.400. The van der Waals surface area contributed by atoms with Gasteiger partial charge in [0.1, 0.15) is 11.3 Å². The Morgan fingerprint density at radius 2 is 1.30 bits per heavy atom. The monoisotopic (exact) mass is 416 g/mol. The molecule has 0 saturated carbocycles. The van der Waals surface area contributed by atoms with Crippen LogP contribution in [0.15, 0.2) is 91.0 Å². The fourth-order valence-electron chi connectivity index (χ4n) is 4.16.